The highest BCUT2D eigenvalue weighted by Crippen LogP contribution is 2.39. The van der Waals surface area contributed by atoms with Gasteiger partial charge in [-0.05, 0) is 72.3 Å². The third-order valence-electron chi connectivity index (χ3n) is 5.32. The molecule has 0 spiro atoms. The molecule has 1 heterocycles. The number of nitrogens with zero attached hydrogens (tertiary/aromatic N) is 1. The molecule has 4 rings (SSSR count). The lowest BCUT2D eigenvalue weighted by atomic mass is 10.1. The number of ether oxygens (including phenoxy) is 2. The Bertz CT molecular complexity index is 1360. The second-order valence-electron chi connectivity index (χ2n) is 8.06. The summed E-state index contributed by atoms with van der Waals surface area (Å²) in [5, 5.41) is 2.68. The van der Waals surface area contributed by atoms with E-state index in [1.54, 1.807) is 0 Å². The maximum Gasteiger partial charge on any atom is 0.573 e. The quantitative estimate of drug-likeness (QED) is 0.315. The number of carbonyl (C=O) groups excluding carboxylic acids is 1. The fourth-order valence-corrected chi connectivity index (χ4v) is 3.78. The summed E-state index contributed by atoms with van der Waals surface area (Å²) in [5.41, 5.74) is -0.766. The van der Waals surface area contributed by atoms with Crippen LogP contribution in [-0.4, -0.2) is 18.6 Å². The van der Waals surface area contributed by atoms with Gasteiger partial charge in [0.15, 0.2) is 0 Å². The van der Waals surface area contributed by atoms with Crippen LogP contribution in [0.25, 0.3) is 0 Å². The Balaban J connectivity index is 1.69. The van der Waals surface area contributed by atoms with Gasteiger partial charge in [-0.1, -0.05) is 12.1 Å². The number of hydrogen-bond acceptors (Lipinski definition) is 4. The zero-order chi connectivity index (χ0) is 28.6. The number of hydrogen-bond donors (Lipinski definition) is 1. The molecule has 1 amide bonds. The number of nitrogens with one attached hydrogen (secondary N) is 1. The number of benzene rings is 3. The van der Waals surface area contributed by atoms with Gasteiger partial charge in [0.25, 0.3) is 5.91 Å². The molecule has 3 aromatic rings. The van der Waals surface area contributed by atoms with E-state index in [1.165, 1.54) is 18.2 Å². The highest BCUT2D eigenvalue weighted by molar-refractivity contribution is 6.11. The van der Waals surface area contributed by atoms with Gasteiger partial charge < -0.3 is 14.8 Å². The van der Waals surface area contributed by atoms with Gasteiger partial charge >= 0.3 is 18.9 Å². The van der Waals surface area contributed by atoms with Gasteiger partial charge in [-0.3, -0.25) is 9.69 Å². The smallest absolute Gasteiger partial charge is 0.406 e. The molecule has 5 nitrogen and oxygen atoms in total. The molecule has 39 heavy (non-hydrogen) atoms. The molecular weight excluding hydrogens is 547 g/mol. The molecule has 1 N–H and O–H groups in total. The van der Waals surface area contributed by atoms with Crippen molar-refractivity contribution in [2.24, 2.45) is 0 Å². The van der Waals surface area contributed by atoms with Gasteiger partial charge in [0.1, 0.15) is 17.2 Å². The van der Waals surface area contributed by atoms with Crippen molar-refractivity contribution >= 4 is 17.3 Å². The van der Waals surface area contributed by atoms with Crippen molar-refractivity contribution in [1.82, 2.24) is 0 Å². The number of amides is 1. The van der Waals surface area contributed by atoms with E-state index in [9.17, 15) is 44.3 Å². The first-order valence-corrected chi connectivity index (χ1v) is 10.8. The van der Waals surface area contributed by atoms with Gasteiger partial charge in [0, 0.05) is 11.4 Å². The Kier molecular flexibility index (Phi) is 7.15. The Morgan fingerprint density at radius 3 is 1.87 bits per heavy atom. The highest BCUT2D eigenvalue weighted by Gasteiger charge is 2.37. The molecule has 0 fully saturated rings. The lowest BCUT2D eigenvalue weighted by Crippen LogP contribution is -2.30. The summed E-state index contributed by atoms with van der Waals surface area (Å²) >= 11 is 0. The summed E-state index contributed by atoms with van der Waals surface area (Å²) < 4.78 is 122. The molecule has 0 bridgehead atoms. The Hall–Kier alpha value is -4.36. The number of carbonyl (C=O) groups is 1. The number of halogens is 9. The fraction of sp³-hybridized carbons (Fsp3) is 0.160. The second kappa shape index (κ2) is 10.1. The predicted molar refractivity (Wildman–Crippen MR) is 120 cm³/mol. The minimum Gasteiger partial charge on any atom is -0.406 e. The van der Waals surface area contributed by atoms with Crippen LogP contribution in [0.15, 0.2) is 84.6 Å². The normalized spacial score (nSPS) is 16.2. The van der Waals surface area contributed by atoms with Crippen LogP contribution in [0.2, 0.25) is 0 Å². The van der Waals surface area contributed by atoms with Crippen molar-refractivity contribution < 1.29 is 53.8 Å². The second-order valence-corrected chi connectivity index (χ2v) is 8.06. The zero-order valence-corrected chi connectivity index (χ0v) is 19.2. The van der Waals surface area contributed by atoms with Gasteiger partial charge in [-0.2, -0.15) is 13.2 Å². The first kappa shape index (κ1) is 27.7. The van der Waals surface area contributed by atoms with Gasteiger partial charge in [-0.15, -0.1) is 26.3 Å². The largest absolute Gasteiger partial charge is 0.573 e. The van der Waals surface area contributed by atoms with Crippen LogP contribution >= 0.6 is 0 Å². The molecule has 14 heteroatoms. The number of alkyl halides is 9. The molecule has 1 atom stereocenters. The van der Waals surface area contributed by atoms with Crippen LogP contribution in [-0.2, 0) is 11.0 Å². The minimum atomic E-state index is -5.00. The van der Waals surface area contributed by atoms with Crippen molar-refractivity contribution in [1.29, 1.82) is 0 Å². The maximum absolute atomic E-state index is 13.3. The molecule has 0 aromatic heterocycles. The Morgan fingerprint density at radius 2 is 1.31 bits per heavy atom. The lowest BCUT2D eigenvalue weighted by molar-refractivity contribution is -0.275. The molecular formula is C25H15F9N2O3. The van der Waals surface area contributed by atoms with Crippen LogP contribution in [0.5, 0.6) is 11.5 Å². The molecule has 0 aliphatic carbocycles. The van der Waals surface area contributed by atoms with Gasteiger partial charge in [0.2, 0.25) is 0 Å². The van der Waals surface area contributed by atoms with Crippen LogP contribution in [0.3, 0.4) is 0 Å². The summed E-state index contributed by atoms with van der Waals surface area (Å²) in [4.78, 5) is 14.4. The highest BCUT2D eigenvalue weighted by atomic mass is 19.4. The summed E-state index contributed by atoms with van der Waals surface area (Å²) in [6, 6.07) is 11.5. The summed E-state index contributed by atoms with van der Waals surface area (Å²) in [6.45, 7) is 0. The predicted octanol–water partition coefficient (Wildman–Crippen LogP) is 7.59. The first-order chi connectivity index (χ1) is 18.1. The number of anilines is 2. The van der Waals surface area contributed by atoms with Crippen molar-refractivity contribution in [2.45, 2.75) is 24.9 Å². The van der Waals surface area contributed by atoms with Crippen molar-refractivity contribution in [3.8, 4) is 11.5 Å². The summed E-state index contributed by atoms with van der Waals surface area (Å²) in [6.07, 6.45) is -13.2. The third-order valence-corrected chi connectivity index (χ3v) is 5.32. The van der Waals surface area contributed by atoms with E-state index in [0.717, 1.165) is 65.6 Å². The van der Waals surface area contributed by atoms with E-state index in [-0.39, 0.29) is 22.6 Å². The zero-order valence-electron chi connectivity index (χ0n) is 19.2. The van der Waals surface area contributed by atoms with E-state index < -0.39 is 47.9 Å². The Morgan fingerprint density at radius 1 is 0.718 bits per heavy atom. The molecule has 0 saturated carbocycles. The van der Waals surface area contributed by atoms with Crippen LogP contribution in [0, 0.1) is 0 Å². The summed E-state index contributed by atoms with van der Waals surface area (Å²) in [7, 11) is 0. The van der Waals surface area contributed by atoms with Crippen LogP contribution < -0.4 is 19.7 Å². The van der Waals surface area contributed by atoms with Crippen LogP contribution in [0.1, 0.15) is 17.2 Å². The van der Waals surface area contributed by atoms with Crippen molar-refractivity contribution in [3.05, 3.63) is 95.7 Å². The first-order valence-electron chi connectivity index (χ1n) is 10.8. The molecule has 0 radical (unpaired) electrons. The van der Waals surface area contributed by atoms with E-state index in [4.69, 9.17) is 0 Å². The lowest BCUT2D eigenvalue weighted by Gasteiger charge is -2.26. The molecule has 0 saturated heterocycles. The van der Waals surface area contributed by atoms with Crippen molar-refractivity contribution in [3.63, 3.8) is 0 Å². The fourth-order valence-electron chi connectivity index (χ4n) is 3.78. The van der Waals surface area contributed by atoms with Gasteiger partial charge in [0.05, 0.1) is 11.6 Å². The van der Waals surface area contributed by atoms with Crippen LogP contribution in [0.4, 0.5) is 50.9 Å². The van der Waals surface area contributed by atoms with Crippen molar-refractivity contribution in [2.75, 3.05) is 10.2 Å². The topological polar surface area (TPSA) is 50.8 Å². The molecule has 206 valence electrons. The average molecular weight is 562 g/mol. The summed E-state index contributed by atoms with van der Waals surface area (Å²) in [5.74, 6) is -1.92. The van der Waals surface area contributed by atoms with E-state index >= 15 is 0 Å². The molecule has 3 aromatic carbocycles. The third kappa shape index (κ3) is 6.94. The average Bonchev–Trinajstić information content (AvgIpc) is 3.13. The standard InChI is InChI=1S/C25H15F9N2O3/c26-23(27,28)15-4-6-16(7-5-15)35-20-13-21(14-2-1-3-19(12-14)39-25(32,33)34)36(22(20)37)17-8-10-18(11-9-17)38-24(29,30)31/h1-13,21,35H. The van der Waals surface area contributed by atoms with E-state index in [0.29, 0.717) is 0 Å². The number of rotatable bonds is 6. The monoisotopic (exact) mass is 562 g/mol. The SMILES string of the molecule is O=C1C(Nc2ccc(C(F)(F)F)cc2)=CC(c2cccc(OC(F)(F)F)c2)N1c1ccc(OC(F)(F)F)cc1. The van der Waals surface area contributed by atoms with E-state index in [2.05, 4.69) is 14.8 Å². The maximum atomic E-state index is 13.3. The minimum absolute atomic E-state index is 0.0575. The molecule has 1 aliphatic heterocycles. The van der Waals surface area contributed by atoms with E-state index in [1.807, 2.05) is 0 Å². The molecule has 1 aliphatic rings. The molecule has 1 unspecified atom stereocenters. The Labute approximate surface area is 214 Å². The van der Waals surface area contributed by atoms with Gasteiger partial charge in [-0.25, -0.2) is 0 Å².